The first-order valence-electron chi connectivity index (χ1n) is 41.0. The summed E-state index contributed by atoms with van der Waals surface area (Å²) in [5, 5.41) is 23.5. The molecular weight excluding hydrogens is 1440 g/mol. The minimum absolute atomic E-state index is 0.0202. The predicted octanol–water partition coefficient (Wildman–Crippen LogP) is 19.2. The molecule has 114 heavy (non-hydrogen) atoms. The number of hydrogen-bond donors (Lipinski definition) is 5. The Bertz CT molecular complexity index is 3940. The lowest BCUT2D eigenvalue weighted by Gasteiger charge is -2.16. The van der Waals surface area contributed by atoms with E-state index in [1.807, 2.05) is 30.4 Å². The molecular formula is C93H129N9O12. The SMILES string of the molecule is CC/C=C\C/C=C\C/C=C\C/C=C\C/C=C\C/C=C\CCC(=O)Nc1ccn([C@H]2CC[C@@H](CO)O2)c(=O)n1.CC/C=C\C/C=C\C/C=C\C/C=C\C/C=C\C/C=C\CCC(=O)Nc1ccn([C@H]2CC[C@@H](COC(=O)CC/C=C\C/C=C\C/C=C\C/C=C\C/C=C\C/C=C\CC)O2)c(=O)n1.Nc1ccn([C@H]2CC[C@@H](CO)O2)c(=O)n1. The van der Waals surface area contributed by atoms with Crippen LogP contribution in [0.25, 0.3) is 0 Å². The highest BCUT2D eigenvalue weighted by atomic mass is 16.6. The highest BCUT2D eigenvalue weighted by Gasteiger charge is 2.30. The minimum atomic E-state index is -0.506. The number of carbonyl (C=O) groups excluding carboxylic acids is 3. The monoisotopic (exact) mass is 1560 g/mol. The van der Waals surface area contributed by atoms with Crippen LogP contribution in [0.15, 0.2) is 270 Å². The molecule has 21 nitrogen and oxygen atoms in total. The number of aromatic nitrogens is 6. The molecule has 618 valence electrons. The van der Waals surface area contributed by atoms with Gasteiger partial charge in [-0.05, 0) is 192 Å². The molecule has 6 atom stereocenters. The molecule has 3 aromatic rings. The Morgan fingerprint density at radius 2 is 0.632 bits per heavy atom. The van der Waals surface area contributed by atoms with Gasteiger partial charge in [-0.15, -0.1) is 0 Å². The largest absolute Gasteiger partial charge is 0.463 e. The second kappa shape index (κ2) is 65.4. The number of aliphatic hydroxyl groups is 2. The van der Waals surface area contributed by atoms with E-state index in [4.69, 9.17) is 29.8 Å². The van der Waals surface area contributed by atoms with Gasteiger partial charge in [0.15, 0.2) is 0 Å². The smallest absolute Gasteiger partial charge is 0.351 e. The number of amides is 2. The average molecular weight is 1570 g/mol. The van der Waals surface area contributed by atoms with E-state index < -0.39 is 29.5 Å². The van der Waals surface area contributed by atoms with E-state index in [0.29, 0.717) is 70.6 Å². The van der Waals surface area contributed by atoms with E-state index in [1.165, 1.54) is 13.7 Å². The van der Waals surface area contributed by atoms with Crippen molar-refractivity contribution in [3.8, 4) is 0 Å². The van der Waals surface area contributed by atoms with Crippen molar-refractivity contribution in [2.45, 2.75) is 250 Å². The third-order valence-electron chi connectivity index (χ3n) is 17.5. The third-order valence-corrected chi connectivity index (χ3v) is 17.5. The number of anilines is 3. The zero-order valence-corrected chi connectivity index (χ0v) is 67.8. The molecule has 6 rings (SSSR count). The van der Waals surface area contributed by atoms with E-state index in [-0.39, 0.29) is 79.6 Å². The van der Waals surface area contributed by atoms with Crippen molar-refractivity contribution in [2.24, 2.45) is 0 Å². The second-order valence-electron chi connectivity index (χ2n) is 26.9. The van der Waals surface area contributed by atoms with E-state index in [2.05, 4.69) is 235 Å². The van der Waals surface area contributed by atoms with Crippen molar-refractivity contribution in [3.63, 3.8) is 0 Å². The van der Waals surface area contributed by atoms with Gasteiger partial charge in [-0.2, -0.15) is 15.0 Å². The topological polar surface area (TPSA) is 283 Å². The Kier molecular flexibility index (Phi) is 55.3. The first kappa shape index (κ1) is 96.3. The number of aliphatic hydroxyl groups excluding tert-OH is 2. The highest BCUT2D eigenvalue weighted by Crippen LogP contribution is 2.29. The summed E-state index contributed by atoms with van der Waals surface area (Å²) in [4.78, 5) is 84.9. The maximum atomic E-state index is 12.8. The normalized spacial score (nSPS) is 18.5. The maximum Gasteiger partial charge on any atom is 0.351 e. The fraction of sp³-hybridized carbons (Fsp3) is 0.452. The molecule has 3 saturated heterocycles. The van der Waals surface area contributed by atoms with Crippen LogP contribution in [-0.2, 0) is 33.3 Å². The minimum Gasteiger partial charge on any atom is -0.463 e. The summed E-state index contributed by atoms with van der Waals surface area (Å²) in [6.45, 7) is 6.49. The molecule has 0 saturated carbocycles. The van der Waals surface area contributed by atoms with E-state index in [9.17, 15) is 33.9 Å². The third kappa shape index (κ3) is 47.5. The number of allylic oxidation sites excluding steroid dienone is 36. The van der Waals surface area contributed by atoms with Crippen LogP contribution in [0.3, 0.4) is 0 Å². The van der Waals surface area contributed by atoms with Crippen molar-refractivity contribution < 1.29 is 43.5 Å². The average Bonchev–Trinajstić information content (AvgIpc) is 1.72. The van der Waals surface area contributed by atoms with Crippen LogP contribution < -0.4 is 33.4 Å². The van der Waals surface area contributed by atoms with Crippen molar-refractivity contribution >= 4 is 35.2 Å². The molecule has 6 N–H and O–H groups in total. The Balaban J connectivity index is 0.000000432. The molecule has 0 bridgehead atoms. The van der Waals surface area contributed by atoms with Crippen LogP contribution in [0.4, 0.5) is 17.5 Å². The summed E-state index contributed by atoms with van der Waals surface area (Å²) in [6, 6.07) is 4.74. The maximum absolute atomic E-state index is 12.8. The van der Waals surface area contributed by atoms with Crippen LogP contribution >= 0.6 is 0 Å². The molecule has 21 heteroatoms. The molecule has 0 radical (unpaired) electrons. The van der Waals surface area contributed by atoms with Crippen LogP contribution in [-0.4, -0.2) is 94.8 Å². The summed E-state index contributed by atoms with van der Waals surface area (Å²) < 4.78 is 26.7. The summed E-state index contributed by atoms with van der Waals surface area (Å²) in [7, 11) is 0. The summed E-state index contributed by atoms with van der Waals surface area (Å²) in [6.07, 6.45) is 104. The number of nitrogens with one attached hydrogen (secondary N) is 2. The molecule has 3 fully saturated rings. The molecule has 0 aromatic carbocycles. The molecule has 2 amide bonds. The van der Waals surface area contributed by atoms with Gasteiger partial charge in [0.05, 0.1) is 31.5 Å². The predicted molar refractivity (Wildman–Crippen MR) is 464 cm³/mol. The van der Waals surface area contributed by atoms with Gasteiger partial charge in [0.25, 0.3) is 0 Å². The van der Waals surface area contributed by atoms with Crippen molar-refractivity contribution in [2.75, 3.05) is 36.2 Å². The number of carbonyl (C=O) groups is 3. The number of nitrogens with two attached hydrogens (primary N) is 1. The van der Waals surface area contributed by atoms with Gasteiger partial charge in [-0.3, -0.25) is 28.1 Å². The highest BCUT2D eigenvalue weighted by molar-refractivity contribution is 5.90. The molecule has 0 unspecified atom stereocenters. The number of nitrogens with zero attached hydrogens (tertiary/aromatic N) is 6. The number of esters is 1. The standard InChI is InChI=1S/C53H73N3O5.C31H43N3O4.C9H13N3O3/c1-3-5-7-9-11-13-15-17-19-21-23-25-27-29-31-33-35-37-39-41-50(57)54-49-45-46-56(53(59)55-49)51-44-43-48(61-51)47-60-52(58)42-40-38-36-34-32-30-28-26-24-22-20-18-16-14-12-10-8-6-4-2;1-2-3-4-5-6-7-8-9-10-11-12-13-14-15-16-17-18-19-20-21-29(36)32-28-24-25-34(31(37)33-28)30-23-22-27(26-35)38-30;10-7-3-4-12(9(14)11-7)8-2-1-6(5-13)15-8/h5-8,11-14,17-20,23-26,29-32,35-38,45-46,48,51H,3-4,9-10,15-16,21-22,27-28,33-34,39-44,47H2,1-2H3,(H,54,55,57,59);3-4,6-7,9-10,12-13,15-16,18-19,24-25,27,30,35H,2,5,8,11,14,17,20-23,26H2,1H3,(H,32,33,36,37);3-4,6,8,13H,1-2,5H2,(H2,10,11,14)/b7-5-,8-6-,13-11-,14-12-,19-17-,20-18-,25-23-,26-24-,31-29-,32-30-,37-35-,38-36-;4-3-,7-6-,10-9-,13-12-,16-15-,19-18-;/t48-,51+;27-,30+;6-,8+/m000/s1. The Morgan fingerprint density at radius 1 is 0.377 bits per heavy atom. The van der Waals surface area contributed by atoms with Gasteiger partial charge in [-0.25, -0.2) is 14.4 Å². The fourth-order valence-electron chi connectivity index (χ4n) is 11.3. The van der Waals surface area contributed by atoms with Gasteiger partial charge < -0.3 is 45.5 Å². The summed E-state index contributed by atoms with van der Waals surface area (Å²) in [5.74, 6) is -0.0185. The number of rotatable bonds is 51. The molecule has 3 aromatic heterocycles. The summed E-state index contributed by atoms with van der Waals surface area (Å²) in [5.41, 5.74) is 3.97. The van der Waals surface area contributed by atoms with Gasteiger partial charge in [-0.1, -0.05) is 240 Å². The Labute approximate surface area is 677 Å². The molecule has 3 aliphatic rings. The quantitative estimate of drug-likeness (QED) is 0.0259. The van der Waals surface area contributed by atoms with Gasteiger partial charge in [0.2, 0.25) is 11.8 Å². The number of nitrogen functional groups attached to an aromatic ring is 1. The van der Waals surface area contributed by atoms with Crippen LogP contribution in [0.2, 0.25) is 0 Å². The zero-order chi connectivity index (χ0) is 81.8. The number of hydrogen-bond acceptors (Lipinski definition) is 16. The zero-order valence-electron chi connectivity index (χ0n) is 67.8. The Morgan fingerprint density at radius 3 is 0.904 bits per heavy atom. The molecule has 0 spiro atoms. The van der Waals surface area contributed by atoms with Crippen molar-refractivity contribution in [1.82, 2.24) is 28.7 Å². The Hall–Kier alpha value is -10.0. The van der Waals surface area contributed by atoms with E-state index in [0.717, 1.165) is 122 Å². The van der Waals surface area contributed by atoms with Gasteiger partial charge in [0.1, 0.15) is 42.7 Å². The van der Waals surface area contributed by atoms with E-state index in [1.54, 1.807) is 36.8 Å². The number of ether oxygens (including phenoxy) is 4. The van der Waals surface area contributed by atoms with Crippen LogP contribution in [0.5, 0.6) is 0 Å². The van der Waals surface area contributed by atoms with Crippen molar-refractivity contribution in [1.29, 1.82) is 0 Å². The first-order chi connectivity index (χ1) is 55.9. The van der Waals surface area contributed by atoms with Gasteiger partial charge in [0, 0.05) is 37.9 Å². The molecule has 0 aliphatic carbocycles. The lowest BCUT2D eigenvalue weighted by atomic mass is 10.2. The first-order valence-corrected chi connectivity index (χ1v) is 41.0. The summed E-state index contributed by atoms with van der Waals surface area (Å²) >= 11 is 0. The van der Waals surface area contributed by atoms with Crippen LogP contribution in [0, 0.1) is 0 Å². The van der Waals surface area contributed by atoms with Gasteiger partial charge >= 0.3 is 23.0 Å². The van der Waals surface area contributed by atoms with Crippen LogP contribution in [0.1, 0.15) is 232 Å². The fourth-order valence-corrected chi connectivity index (χ4v) is 11.3. The van der Waals surface area contributed by atoms with Crippen molar-refractivity contribution in [3.05, 3.63) is 287 Å². The lowest BCUT2D eigenvalue weighted by Crippen LogP contribution is -2.28. The molecule has 3 aliphatic heterocycles. The van der Waals surface area contributed by atoms with E-state index >= 15 is 0 Å². The molecule has 6 heterocycles. The second-order valence-corrected chi connectivity index (χ2v) is 26.9. The lowest BCUT2D eigenvalue weighted by molar-refractivity contribution is -0.148.